The highest BCUT2D eigenvalue weighted by molar-refractivity contribution is 6.00. The minimum absolute atomic E-state index is 0.0434. The first-order chi connectivity index (χ1) is 12.1. The van der Waals surface area contributed by atoms with Crippen LogP contribution in [0.15, 0.2) is 59.3 Å². The van der Waals surface area contributed by atoms with Crippen LogP contribution in [0.25, 0.3) is 16.3 Å². The Balaban J connectivity index is 1.91. The van der Waals surface area contributed by atoms with Gasteiger partial charge in [-0.2, -0.15) is 0 Å². The SMILES string of the molecule is CC1=C2CCC=CCC(C2)C2=C1C(C)(C)c1cccc3ccnc2c13. The van der Waals surface area contributed by atoms with Gasteiger partial charge in [-0.3, -0.25) is 4.98 Å². The molecule has 1 heteroatoms. The number of allylic oxidation sites excluding steroid dienone is 6. The van der Waals surface area contributed by atoms with Gasteiger partial charge in [0.25, 0.3) is 0 Å². The lowest BCUT2D eigenvalue weighted by atomic mass is 9.61. The molecule has 1 heterocycles. The second kappa shape index (κ2) is 5.17. The zero-order chi connectivity index (χ0) is 17.2. The zero-order valence-electron chi connectivity index (χ0n) is 15.4. The molecule has 1 nitrogen and oxygen atoms in total. The molecule has 0 N–H and O–H groups in total. The zero-order valence-corrected chi connectivity index (χ0v) is 15.4. The minimum atomic E-state index is 0.0434. The van der Waals surface area contributed by atoms with Crippen LogP contribution in [0.4, 0.5) is 0 Å². The average Bonchev–Trinajstić information content (AvgIpc) is 2.58. The Morgan fingerprint density at radius 2 is 2.00 bits per heavy atom. The van der Waals surface area contributed by atoms with Crippen LogP contribution in [0.3, 0.4) is 0 Å². The molecule has 1 unspecified atom stereocenters. The molecule has 0 spiro atoms. The first-order valence-electron chi connectivity index (χ1n) is 9.56. The molecule has 1 aromatic heterocycles. The molecule has 1 aromatic carbocycles. The molecule has 126 valence electrons. The van der Waals surface area contributed by atoms with E-state index < -0.39 is 0 Å². The standard InChI is InChI=1S/C24H25N/c1-15-17-8-5-4-6-9-18(14-17)21-22(15)24(2,3)19-11-7-10-16-12-13-25-23(21)20(16)19/h4,6-7,10-13,18H,5,8-9,14H2,1-3H3. The molecule has 25 heavy (non-hydrogen) atoms. The van der Waals surface area contributed by atoms with Gasteiger partial charge >= 0.3 is 0 Å². The molecule has 2 aromatic rings. The van der Waals surface area contributed by atoms with E-state index in [1.54, 1.807) is 16.7 Å². The van der Waals surface area contributed by atoms with E-state index in [1.165, 1.54) is 46.9 Å². The number of rotatable bonds is 0. The van der Waals surface area contributed by atoms with Gasteiger partial charge in [-0.1, -0.05) is 49.8 Å². The fourth-order valence-corrected chi connectivity index (χ4v) is 5.47. The van der Waals surface area contributed by atoms with Crippen molar-refractivity contribution in [1.82, 2.24) is 4.98 Å². The predicted octanol–water partition coefficient (Wildman–Crippen LogP) is 6.36. The van der Waals surface area contributed by atoms with Gasteiger partial charge in [-0.25, -0.2) is 0 Å². The lowest BCUT2D eigenvalue weighted by Crippen LogP contribution is -2.31. The van der Waals surface area contributed by atoms with Crippen molar-refractivity contribution in [2.75, 3.05) is 0 Å². The fourth-order valence-electron chi connectivity index (χ4n) is 5.47. The molecule has 0 radical (unpaired) electrons. The number of aromatic nitrogens is 1. The van der Waals surface area contributed by atoms with Gasteiger partial charge in [0.15, 0.2) is 0 Å². The molecule has 3 aliphatic carbocycles. The summed E-state index contributed by atoms with van der Waals surface area (Å²) in [5.41, 5.74) is 9.04. The summed E-state index contributed by atoms with van der Waals surface area (Å²) in [4.78, 5) is 4.92. The lowest BCUT2D eigenvalue weighted by Gasteiger charge is -2.43. The monoisotopic (exact) mass is 327 g/mol. The largest absolute Gasteiger partial charge is 0.256 e. The number of fused-ring (bicyclic) bond motifs is 4. The van der Waals surface area contributed by atoms with Gasteiger partial charge < -0.3 is 0 Å². The van der Waals surface area contributed by atoms with Crippen LogP contribution in [0.1, 0.15) is 57.7 Å². The molecular weight excluding hydrogens is 302 g/mol. The minimum Gasteiger partial charge on any atom is -0.256 e. The Morgan fingerprint density at radius 1 is 1.12 bits per heavy atom. The quantitative estimate of drug-likeness (QED) is 0.513. The molecule has 1 atom stereocenters. The summed E-state index contributed by atoms with van der Waals surface area (Å²) in [6.45, 7) is 7.19. The number of hydrogen-bond donors (Lipinski definition) is 0. The van der Waals surface area contributed by atoms with E-state index in [2.05, 4.69) is 57.2 Å². The highest BCUT2D eigenvalue weighted by Crippen LogP contribution is 2.55. The Bertz CT molecular complexity index is 979. The van der Waals surface area contributed by atoms with Crippen LogP contribution in [0, 0.1) is 5.92 Å². The van der Waals surface area contributed by atoms with Gasteiger partial charge in [0.1, 0.15) is 0 Å². The van der Waals surface area contributed by atoms with Crippen LogP contribution < -0.4 is 0 Å². The smallest absolute Gasteiger partial charge is 0.0749 e. The maximum absolute atomic E-state index is 4.92. The first-order valence-corrected chi connectivity index (χ1v) is 9.56. The third kappa shape index (κ3) is 1.99. The molecule has 0 saturated heterocycles. The summed E-state index contributed by atoms with van der Waals surface area (Å²) in [6, 6.07) is 8.93. The third-order valence-electron chi connectivity index (χ3n) is 6.62. The summed E-state index contributed by atoms with van der Waals surface area (Å²) in [5.74, 6) is 0.580. The van der Waals surface area contributed by atoms with Crippen molar-refractivity contribution < 1.29 is 0 Å². The predicted molar refractivity (Wildman–Crippen MR) is 105 cm³/mol. The van der Waals surface area contributed by atoms with Gasteiger partial charge in [0.2, 0.25) is 0 Å². The van der Waals surface area contributed by atoms with Crippen molar-refractivity contribution >= 4 is 16.3 Å². The van der Waals surface area contributed by atoms with E-state index in [-0.39, 0.29) is 5.41 Å². The highest BCUT2D eigenvalue weighted by Gasteiger charge is 2.41. The fraction of sp³-hybridized carbons (Fsp3) is 0.375. The van der Waals surface area contributed by atoms with E-state index in [4.69, 9.17) is 4.98 Å². The Labute approximate surface area is 150 Å². The van der Waals surface area contributed by atoms with Crippen molar-refractivity contribution in [1.29, 1.82) is 0 Å². The number of hydrogen-bond acceptors (Lipinski definition) is 1. The third-order valence-corrected chi connectivity index (χ3v) is 6.62. The second-order valence-corrected chi connectivity index (χ2v) is 8.35. The molecule has 2 bridgehead atoms. The molecular formula is C24H25N. The van der Waals surface area contributed by atoms with Gasteiger partial charge in [0.05, 0.1) is 5.69 Å². The Kier molecular flexibility index (Phi) is 3.13. The number of pyridine rings is 1. The van der Waals surface area contributed by atoms with E-state index >= 15 is 0 Å². The van der Waals surface area contributed by atoms with Gasteiger partial charge in [-0.15, -0.1) is 0 Å². The molecule has 3 aliphatic rings. The molecule has 0 fully saturated rings. The molecule has 0 saturated carbocycles. The topological polar surface area (TPSA) is 12.9 Å². The summed E-state index contributed by atoms with van der Waals surface area (Å²) < 4.78 is 0. The lowest BCUT2D eigenvalue weighted by molar-refractivity contribution is 0.567. The summed E-state index contributed by atoms with van der Waals surface area (Å²) >= 11 is 0. The highest BCUT2D eigenvalue weighted by atomic mass is 14.7. The van der Waals surface area contributed by atoms with Crippen LogP contribution in [-0.4, -0.2) is 4.98 Å². The van der Waals surface area contributed by atoms with E-state index in [0.717, 1.165) is 6.42 Å². The van der Waals surface area contributed by atoms with Crippen molar-refractivity contribution in [3.8, 4) is 0 Å². The van der Waals surface area contributed by atoms with Crippen LogP contribution in [0.5, 0.6) is 0 Å². The van der Waals surface area contributed by atoms with E-state index in [0.29, 0.717) is 5.92 Å². The summed E-state index contributed by atoms with van der Waals surface area (Å²) in [6.07, 6.45) is 11.5. The van der Waals surface area contributed by atoms with Crippen molar-refractivity contribution in [2.45, 2.75) is 51.9 Å². The van der Waals surface area contributed by atoms with Crippen molar-refractivity contribution in [3.05, 3.63) is 70.6 Å². The number of nitrogens with zero attached hydrogens (tertiary/aromatic N) is 1. The Morgan fingerprint density at radius 3 is 2.88 bits per heavy atom. The maximum Gasteiger partial charge on any atom is 0.0749 e. The van der Waals surface area contributed by atoms with Gasteiger partial charge in [0, 0.05) is 17.0 Å². The van der Waals surface area contributed by atoms with Crippen LogP contribution in [0.2, 0.25) is 0 Å². The Hall–Kier alpha value is -2.15. The van der Waals surface area contributed by atoms with Crippen molar-refractivity contribution in [2.24, 2.45) is 5.92 Å². The maximum atomic E-state index is 4.92. The summed E-state index contributed by atoms with van der Waals surface area (Å²) in [7, 11) is 0. The van der Waals surface area contributed by atoms with Crippen LogP contribution >= 0.6 is 0 Å². The van der Waals surface area contributed by atoms with Gasteiger partial charge in [-0.05, 0) is 72.3 Å². The van der Waals surface area contributed by atoms with E-state index in [9.17, 15) is 0 Å². The summed E-state index contributed by atoms with van der Waals surface area (Å²) in [5, 5.41) is 2.71. The second-order valence-electron chi connectivity index (χ2n) is 8.35. The van der Waals surface area contributed by atoms with Crippen LogP contribution in [-0.2, 0) is 5.41 Å². The van der Waals surface area contributed by atoms with E-state index in [1.807, 2.05) is 6.20 Å². The molecule has 5 rings (SSSR count). The number of benzene rings is 1. The van der Waals surface area contributed by atoms with Crippen molar-refractivity contribution in [3.63, 3.8) is 0 Å². The normalized spacial score (nSPS) is 24.2. The first kappa shape index (κ1) is 15.1. The average molecular weight is 327 g/mol. The molecule has 0 aliphatic heterocycles. The molecule has 0 amide bonds.